The highest BCUT2D eigenvalue weighted by Gasteiger charge is 2.23. The summed E-state index contributed by atoms with van der Waals surface area (Å²) in [7, 11) is 0. The molecule has 0 aromatic heterocycles. The Hall–Kier alpha value is -1.36. The molecule has 72 valence electrons. The maximum absolute atomic E-state index is 10.8. The Labute approximate surface area is 74.9 Å². The number of hydrogen-bond donors (Lipinski definition) is 1. The molecule has 1 rings (SSSR count). The minimum atomic E-state index is -1.07. The monoisotopic (exact) mass is 186 g/mol. The van der Waals surface area contributed by atoms with Crippen LogP contribution in [0.5, 0.6) is 0 Å². The van der Waals surface area contributed by atoms with Crippen molar-refractivity contribution in [3.05, 3.63) is 12.2 Å². The Morgan fingerprint density at radius 3 is 2.85 bits per heavy atom. The fraction of sp³-hybridized carbons (Fsp3) is 0.500. The number of carboxylic acids is 1. The molecule has 5 nitrogen and oxygen atoms in total. The molecule has 0 amide bonds. The molecule has 13 heavy (non-hydrogen) atoms. The second-order valence-electron chi connectivity index (χ2n) is 2.58. The molecular weight excluding hydrogens is 176 g/mol. The SMILES string of the molecule is O=C(O)C=CCC(=O)OCC1CO1. The summed E-state index contributed by atoms with van der Waals surface area (Å²) in [6, 6.07) is 0. The molecule has 5 heteroatoms. The number of carbonyl (C=O) groups excluding carboxylic acids is 1. The first-order valence-corrected chi connectivity index (χ1v) is 3.85. The van der Waals surface area contributed by atoms with Crippen LogP contribution in [-0.4, -0.2) is 36.4 Å². The number of aliphatic carboxylic acids is 1. The van der Waals surface area contributed by atoms with E-state index in [0.29, 0.717) is 6.61 Å². The normalized spacial score (nSPS) is 20.2. The molecule has 0 radical (unpaired) electrons. The van der Waals surface area contributed by atoms with Crippen LogP contribution < -0.4 is 0 Å². The van der Waals surface area contributed by atoms with Crippen molar-refractivity contribution >= 4 is 11.9 Å². The topological polar surface area (TPSA) is 76.1 Å². The molecule has 1 heterocycles. The van der Waals surface area contributed by atoms with Gasteiger partial charge in [0.2, 0.25) is 0 Å². The van der Waals surface area contributed by atoms with Gasteiger partial charge in [-0.05, 0) is 0 Å². The van der Waals surface area contributed by atoms with Crippen LogP contribution in [0.25, 0.3) is 0 Å². The molecular formula is C8H10O5. The molecule has 0 spiro atoms. The molecule has 1 aliphatic heterocycles. The van der Waals surface area contributed by atoms with Gasteiger partial charge >= 0.3 is 11.9 Å². The van der Waals surface area contributed by atoms with E-state index in [4.69, 9.17) is 14.6 Å². The molecule has 0 saturated carbocycles. The lowest BCUT2D eigenvalue weighted by Gasteiger charge is -1.98. The lowest BCUT2D eigenvalue weighted by atomic mass is 10.4. The van der Waals surface area contributed by atoms with E-state index in [0.717, 1.165) is 6.08 Å². The van der Waals surface area contributed by atoms with Crippen LogP contribution in [0.1, 0.15) is 6.42 Å². The average molecular weight is 186 g/mol. The van der Waals surface area contributed by atoms with Crippen molar-refractivity contribution in [2.75, 3.05) is 13.2 Å². The van der Waals surface area contributed by atoms with Crippen molar-refractivity contribution in [2.24, 2.45) is 0 Å². The number of hydrogen-bond acceptors (Lipinski definition) is 4. The summed E-state index contributed by atoms with van der Waals surface area (Å²) in [5.41, 5.74) is 0. The largest absolute Gasteiger partial charge is 0.478 e. The third-order valence-corrected chi connectivity index (χ3v) is 1.38. The highest BCUT2D eigenvalue weighted by atomic mass is 16.6. The van der Waals surface area contributed by atoms with Crippen LogP contribution in [0.4, 0.5) is 0 Å². The number of carbonyl (C=O) groups is 2. The summed E-state index contributed by atoms with van der Waals surface area (Å²) >= 11 is 0. The van der Waals surface area contributed by atoms with Crippen LogP contribution in [0.15, 0.2) is 12.2 Å². The Kier molecular flexibility index (Phi) is 3.45. The van der Waals surface area contributed by atoms with Gasteiger partial charge in [-0.15, -0.1) is 0 Å². The van der Waals surface area contributed by atoms with E-state index in [1.54, 1.807) is 0 Å². The molecule has 1 atom stereocenters. The van der Waals surface area contributed by atoms with Crippen LogP contribution in [-0.2, 0) is 19.1 Å². The summed E-state index contributed by atoms with van der Waals surface area (Å²) in [6.45, 7) is 0.901. The summed E-state index contributed by atoms with van der Waals surface area (Å²) in [4.78, 5) is 20.8. The quantitative estimate of drug-likeness (QED) is 0.370. The Morgan fingerprint density at radius 1 is 1.62 bits per heavy atom. The second-order valence-corrected chi connectivity index (χ2v) is 2.58. The summed E-state index contributed by atoms with van der Waals surface area (Å²) in [5.74, 6) is -1.51. The van der Waals surface area contributed by atoms with E-state index < -0.39 is 11.9 Å². The average Bonchev–Trinajstić information content (AvgIpc) is 2.83. The zero-order valence-electron chi connectivity index (χ0n) is 6.93. The highest BCUT2D eigenvalue weighted by molar-refractivity contribution is 5.81. The van der Waals surface area contributed by atoms with Gasteiger partial charge in [0.25, 0.3) is 0 Å². The van der Waals surface area contributed by atoms with Gasteiger partial charge in [0, 0.05) is 6.08 Å². The van der Waals surface area contributed by atoms with Gasteiger partial charge in [0.15, 0.2) is 0 Å². The van der Waals surface area contributed by atoms with E-state index in [1.807, 2.05) is 0 Å². The Balaban J connectivity index is 2.05. The predicted molar refractivity (Wildman–Crippen MR) is 42.1 cm³/mol. The van der Waals surface area contributed by atoms with Gasteiger partial charge in [0.1, 0.15) is 12.7 Å². The molecule has 1 saturated heterocycles. The van der Waals surface area contributed by atoms with Gasteiger partial charge in [-0.1, -0.05) is 6.08 Å². The first kappa shape index (κ1) is 9.73. The van der Waals surface area contributed by atoms with Gasteiger partial charge in [-0.2, -0.15) is 0 Å². The van der Waals surface area contributed by atoms with Crippen molar-refractivity contribution in [2.45, 2.75) is 12.5 Å². The first-order valence-electron chi connectivity index (χ1n) is 3.85. The highest BCUT2D eigenvalue weighted by Crippen LogP contribution is 2.08. The van der Waals surface area contributed by atoms with Crippen molar-refractivity contribution in [3.63, 3.8) is 0 Å². The molecule has 1 N–H and O–H groups in total. The molecule has 1 fully saturated rings. The maximum Gasteiger partial charge on any atom is 0.327 e. The molecule has 0 aromatic carbocycles. The summed E-state index contributed by atoms with van der Waals surface area (Å²) < 4.78 is 9.55. The zero-order valence-corrected chi connectivity index (χ0v) is 6.93. The molecule has 1 aliphatic rings. The minimum absolute atomic E-state index is 0.0149. The molecule has 0 bridgehead atoms. The van der Waals surface area contributed by atoms with E-state index in [1.165, 1.54) is 6.08 Å². The van der Waals surface area contributed by atoms with Crippen molar-refractivity contribution < 1.29 is 24.2 Å². The van der Waals surface area contributed by atoms with E-state index in [-0.39, 0.29) is 19.1 Å². The van der Waals surface area contributed by atoms with Gasteiger partial charge in [0.05, 0.1) is 13.0 Å². The van der Waals surface area contributed by atoms with Gasteiger partial charge in [-0.3, -0.25) is 4.79 Å². The number of ether oxygens (including phenoxy) is 2. The lowest BCUT2D eigenvalue weighted by molar-refractivity contribution is -0.143. The summed E-state index contributed by atoms with van der Waals surface area (Å²) in [5, 5.41) is 8.20. The van der Waals surface area contributed by atoms with Gasteiger partial charge < -0.3 is 14.6 Å². The van der Waals surface area contributed by atoms with E-state index in [2.05, 4.69) is 0 Å². The Bertz CT molecular complexity index is 229. The van der Waals surface area contributed by atoms with Crippen molar-refractivity contribution in [1.82, 2.24) is 0 Å². The third kappa shape index (κ3) is 4.97. The fourth-order valence-electron chi connectivity index (χ4n) is 0.665. The standard InChI is InChI=1S/C8H10O5/c9-7(10)2-1-3-8(11)13-5-6-4-12-6/h1-2,6H,3-5H2,(H,9,10). The third-order valence-electron chi connectivity index (χ3n) is 1.38. The molecule has 0 aliphatic carbocycles. The van der Waals surface area contributed by atoms with E-state index >= 15 is 0 Å². The molecule has 0 aromatic rings. The lowest BCUT2D eigenvalue weighted by Crippen LogP contribution is -2.08. The maximum atomic E-state index is 10.8. The van der Waals surface area contributed by atoms with Crippen molar-refractivity contribution in [3.8, 4) is 0 Å². The smallest absolute Gasteiger partial charge is 0.327 e. The molecule has 1 unspecified atom stereocenters. The number of epoxide rings is 1. The first-order chi connectivity index (χ1) is 6.18. The van der Waals surface area contributed by atoms with E-state index in [9.17, 15) is 9.59 Å². The Morgan fingerprint density at radius 2 is 2.31 bits per heavy atom. The summed E-state index contributed by atoms with van der Waals surface area (Å²) in [6.07, 6.45) is 2.19. The van der Waals surface area contributed by atoms with Crippen molar-refractivity contribution in [1.29, 1.82) is 0 Å². The minimum Gasteiger partial charge on any atom is -0.478 e. The number of carboxylic acid groups (broad SMARTS) is 1. The van der Waals surface area contributed by atoms with Crippen LogP contribution >= 0.6 is 0 Å². The zero-order chi connectivity index (χ0) is 9.68. The second kappa shape index (κ2) is 4.61. The fourth-order valence-corrected chi connectivity index (χ4v) is 0.665. The predicted octanol–water partition coefficient (Wildman–Crippen LogP) is -0.0407. The van der Waals surface area contributed by atoms with Crippen LogP contribution in [0.2, 0.25) is 0 Å². The van der Waals surface area contributed by atoms with Gasteiger partial charge in [-0.25, -0.2) is 4.79 Å². The number of esters is 1. The number of rotatable bonds is 5. The van der Waals surface area contributed by atoms with Crippen LogP contribution in [0, 0.1) is 0 Å². The van der Waals surface area contributed by atoms with Crippen LogP contribution in [0.3, 0.4) is 0 Å².